The topological polar surface area (TPSA) is 58.6 Å². The van der Waals surface area contributed by atoms with Crippen LogP contribution in [0.2, 0.25) is 4.34 Å². The van der Waals surface area contributed by atoms with E-state index in [1.165, 1.54) is 23.3 Å². The summed E-state index contributed by atoms with van der Waals surface area (Å²) in [5, 5.41) is 12.2. The number of thioether (sulfide) groups is 1. The fourth-order valence-corrected chi connectivity index (χ4v) is 3.43. The molecule has 1 atom stereocenters. The molecule has 1 heterocycles. The molecule has 0 spiro atoms. The van der Waals surface area contributed by atoms with E-state index in [-0.39, 0.29) is 5.91 Å². The molecule has 0 fully saturated rings. The van der Waals surface area contributed by atoms with Gasteiger partial charge < -0.3 is 15.2 Å². The molecule has 1 aromatic heterocycles. The van der Waals surface area contributed by atoms with Gasteiger partial charge in [-0.3, -0.25) is 4.79 Å². The standard InChI is InChI=1S/C12H18ClNO3S2/c1-17-6-9(15)4-5-14-12(16)8-18-7-10-2-3-11(13)19-10/h2-3,9,15H,4-8H2,1H3,(H,14,16). The van der Waals surface area contributed by atoms with E-state index in [1.807, 2.05) is 12.1 Å². The first-order valence-electron chi connectivity index (χ1n) is 5.87. The van der Waals surface area contributed by atoms with E-state index < -0.39 is 6.10 Å². The molecule has 0 saturated heterocycles. The summed E-state index contributed by atoms with van der Waals surface area (Å²) in [6.45, 7) is 0.762. The Morgan fingerprint density at radius 2 is 2.42 bits per heavy atom. The summed E-state index contributed by atoms with van der Waals surface area (Å²) in [5.41, 5.74) is 0. The lowest BCUT2D eigenvalue weighted by molar-refractivity contribution is -0.118. The molecular weight excluding hydrogens is 306 g/mol. The van der Waals surface area contributed by atoms with Crippen LogP contribution in [0.3, 0.4) is 0 Å². The lowest BCUT2D eigenvalue weighted by atomic mass is 10.3. The van der Waals surface area contributed by atoms with Crippen molar-refractivity contribution in [3.63, 3.8) is 0 Å². The predicted molar refractivity (Wildman–Crippen MR) is 81.0 cm³/mol. The summed E-state index contributed by atoms with van der Waals surface area (Å²) in [7, 11) is 1.54. The van der Waals surface area contributed by atoms with Crippen LogP contribution in [-0.4, -0.2) is 43.1 Å². The molecule has 0 aromatic carbocycles. The van der Waals surface area contributed by atoms with E-state index in [1.54, 1.807) is 11.8 Å². The number of aliphatic hydroxyl groups excluding tert-OH is 1. The Kier molecular flexibility index (Phi) is 8.48. The smallest absolute Gasteiger partial charge is 0.230 e. The molecule has 19 heavy (non-hydrogen) atoms. The minimum atomic E-state index is -0.522. The highest BCUT2D eigenvalue weighted by molar-refractivity contribution is 7.99. The third-order valence-corrected chi connectivity index (χ3v) is 4.66. The van der Waals surface area contributed by atoms with Gasteiger partial charge in [-0.25, -0.2) is 0 Å². The quantitative estimate of drug-likeness (QED) is 0.731. The molecular formula is C12H18ClNO3S2. The van der Waals surface area contributed by atoms with Gasteiger partial charge in [-0.05, 0) is 18.6 Å². The van der Waals surface area contributed by atoms with Crippen molar-refractivity contribution in [2.24, 2.45) is 0 Å². The third kappa shape index (κ3) is 7.79. The number of hydrogen-bond donors (Lipinski definition) is 2. The lowest BCUT2D eigenvalue weighted by Crippen LogP contribution is -2.29. The first kappa shape index (κ1) is 16.8. The van der Waals surface area contributed by atoms with E-state index in [0.717, 1.165) is 10.1 Å². The highest BCUT2D eigenvalue weighted by atomic mass is 35.5. The van der Waals surface area contributed by atoms with E-state index in [2.05, 4.69) is 5.32 Å². The highest BCUT2D eigenvalue weighted by Gasteiger charge is 2.06. The lowest BCUT2D eigenvalue weighted by Gasteiger charge is -2.09. The fraction of sp³-hybridized carbons (Fsp3) is 0.583. The minimum absolute atomic E-state index is 0.0164. The van der Waals surface area contributed by atoms with E-state index in [0.29, 0.717) is 25.3 Å². The maximum Gasteiger partial charge on any atom is 0.230 e. The van der Waals surface area contributed by atoms with Gasteiger partial charge in [-0.1, -0.05) is 11.6 Å². The van der Waals surface area contributed by atoms with Crippen LogP contribution in [0.5, 0.6) is 0 Å². The van der Waals surface area contributed by atoms with Crippen LogP contribution < -0.4 is 5.32 Å². The van der Waals surface area contributed by atoms with Gasteiger partial charge in [0.2, 0.25) is 5.91 Å². The van der Waals surface area contributed by atoms with Crippen molar-refractivity contribution in [1.82, 2.24) is 5.32 Å². The Morgan fingerprint density at radius 3 is 3.05 bits per heavy atom. The van der Waals surface area contributed by atoms with Gasteiger partial charge in [-0.2, -0.15) is 0 Å². The van der Waals surface area contributed by atoms with Gasteiger partial charge in [0, 0.05) is 24.3 Å². The number of thiophene rings is 1. The number of rotatable bonds is 9. The summed E-state index contributed by atoms with van der Waals surface area (Å²) in [6, 6.07) is 3.83. The van der Waals surface area contributed by atoms with Crippen molar-refractivity contribution in [2.75, 3.05) is 26.0 Å². The highest BCUT2D eigenvalue weighted by Crippen LogP contribution is 2.24. The van der Waals surface area contributed by atoms with Crippen LogP contribution >= 0.6 is 34.7 Å². The fourth-order valence-electron chi connectivity index (χ4n) is 1.38. The first-order chi connectivity index (χ1) is 9.11. The average molecular weight is 324 g/mol. The van der Waals surface area contributed by atoms with Crippen molar-refractivity contribution < 1.29 is 14.6 Å². The van der Waals surface area contributed by atoms with Gasteiger partial charge in [-0.15, -0.1) is 23.1 Å². The summed E-state index contributed by atoms with van der Waals surface area (Å²) in [5.74, 6) is 1.18. The second kappa shape index (κ2) is 9.61. The van der Waals surface area contributed by atoms with Crippen LogP contribution in [0.25, 0.3) is 0 Å². The Bertz CT molecular complexity index is 387. The van der Waals surface area contributed by atoms with E-state index >= 15 is 0 Å². The van der Waals surface area contributed by atoms with Gasteiger partial charge >= 0.3 is 0 Å². The van der Waals surface area contributed by atoms with Crippen molar-refractivity contribution in [2.45, 2.75) is 18.3 Å². The Hall–Kier alpha value is -0.270. The van der Waals surface area contributed by atoms with Gasteiger partial charge in [0.15, 0.2) is 0 Å². The Morgan fingerprint density at radius 1 is 1.63 bits per heavy atom. The first-order valence-corrected chi connectivity index (χ1v) is 8.22. The summed E-state index contributed by atoms with van der Waals surface area (Å²) in [6.07, 6.45) is -0.0173. The van der Waals surface area contributed by atoms with Crippen molar-refractivity contribution in [3.8, 4) is 0 Å². The van der Waals surface area contributed by atoms with Crippen LogP contribution in [0.1, 0.15) is 11.3 Å². The molecule has 0 aliphatic carbocycles. The zero-order valence-electron chi connectivity index (χ0n) is 10.7. The van der Waals surface area contributed by atoms with E-state index in [4.69, 9.17) is 16.3 Å². The number of carbonyl (C=O) groups is 1. The molecule has 0 aliphatic rings. The molecule has 0 aliphatic heterocycles. The molecule has 0 saturated carbocycles. The number of aliphatic hydroxyl groups is 1. The summed E-state index contributed by atoms with van der Waals surface area (Å²) >= 11 is 8.90. The second-order valence-electron chi connectivity index (χ2n) is 3.95. The molecule has 2 N–H and O–H groups in total. The predicted octanol–water partition coefficient (Wildman–Crippen LogP) is 2.15. The number of methoxy groups -OCH3 is 1. The largest absolute Gasteiger partial charge is 0.391 e. The number of ether oxygens (including phenoxy) is 1. The van der Waals surface area contributed by atoms with Gasteiger partial charge in [0.05, 0.1) is 22.8 Å². The molecule has 1 rings (SSSR count). The Labute approximate surface area is 126 Å². The molecule has 1 aromatic rings. The van der Waals surface area contributed by atoms with Gasteiger partial charge in [0.25, 0.3) is 0 Å². The summed E-state index contributed by atoms with van der Waals surface area (Å²) < 4.78 is 5.57. The van der Waals surface area contributed by atoms with E-state index in [9.17, 15) is 9.90 Å². The van der Waals surface area contributed by atoms with Crippen LogP contribution in [0.15, 0.2) is 12.1 Å². The molecule has 4 nitrogen and oxygen atoms in total. The number of halogens is 1. The molecule has 1 amide bonds. The van der Waals surface area contributed by atoms with Crippen LogP contribution in [0, 0.1) is 0 Å². The number of carbonyl (C=O) groups excluding carboxylic acids is 1. The van der Waals surface area contributed by atoms with Crippen LogP contribution in [0.4, 0.5) is 0 Å². The zero-order chi connectivity index (χ0) is 14.1. The monoisotopic (exact) mass is 323 g/mol. The van der Waals surface area contributed by atoms with Crippen molar-refractivity contribution in [3.05, 3.63) is 21.3 Å². The normalized spacial score (nSPS) is 12.4. The molecule has 0 radical (unpaired) electrons. The number of nitrogens with one attached hydrogen (secondary N) is 1. The number of amides is 1. The molecule has 1 unspecified atom stereocenters. The minimum Gasteiger partial charge on any atom is -0.391 e. The van der Waals surface area contributed by atoms with Crippen molar-refractivity contribution in [1.29, 1.82) is 0 Å². The second-order valence-corrected chi connectivity index (χ2v) is 6.73. The van der Waals surface area contributed by atoms with Gasteiger partial charge in [0.1, 0.15) is 0 Å². The molecule has 0 bridgehead atoms. The summed E-state index contributed by atoms with van der Waals surface area (Å²) in [4.78, 5) is 12.7. The molecule has 7 heteroatoms. The molecule has 108 valence electrons. The third-order valence-electron chi connectivity index (χ3n) is 2.27. The Balaban J connectivity index is 2.05. The maximum atomic E-state index is 11.5. The SMILES string of the molecule is COCC(O)CCNC(=O)CSCc1ccc(Cl)s1. The maximum absolute atomic E-state index is 11.5. The van der Waals surface area contributed by atoms with Crippen LogP contribution in [-0.2, 0) is 15.3 Å². The number of hydrogen-bond acceptors (Lipinski definition) is 5. The zero-order valence-corrected chi connectivity index (χ0v) is 13.1. The van der Waals surface area contributed by atoms with Crippen molar-refractivity contribution >= 4 is 40.6 Å². The average Bonchev–Trinajstić information content (AvgIpc) is 2.75.